The van der Waals surface area contributed by atoms with E-state index in [-0.39, 0.29) is 23.6 Å². The third-order valence-corrected chi connectivity index (χ3v) is 7.13. The van der Waals surface area contributed by atoms with Gasteiger partial charge in [0.15, 0.2) is 0 Å². The standard InChI is InChI=1S/C22H20N6O4S/c23-9-13-2-1-3-17(6-13)33(30,31)28-15-7-14(8-15)27-20-18-4-5-24-21(18)25-11-19(20)22-26-10-16(12-29)32-22/h1-6,10-11,14-15,28-29H,7-8,12H2,(H2,24,25,27)/t14-,15+. The zero-order valence-corrected chi connectivity index (χ0v) is 18.1. The zero-order valence-electron chi connectivity index (χ0n) is 17.3. The van der Waals surface area contributed by atoms with Crippen LogP contribution in [0.15, 0.2) is 58.2 Å². The number of oxazole rings is 1. The Labute approximate surface area is 189 Å². The fourth-order valence-corrected chi connectivity index (χ4v) is 5.19. The van der Waals surface area contributed by atoms with Gasteiger partial charge in [0.1, 0.15) is 18.0 Å². The minimum Gasteiger partial charge on any atom is -0.439 e. The van der Waals surface area contributed by atoms with Crippen molar-refractivity contribution in [1.29, 1.82) is 5.26 Å². The molecule has 0 radical (unpaired) electrons. The molecule has 1 aliphatic rings. The number of nitrogens with one attached hydrogen (secondary N) is 3. The molecule has 1 aliphatic carbocycles. The van der Waals surface area contributed by atoms with Crippen LogP contribution in [0.1, 0.15) is 24.2 Å². The minimum atomic E-state index is -3.72. The van der Waals surface area contributed by atoms with E-state index in [9.17, 15) is 13.5 Å². The zero-order chi connectivity index (χ0) is 23.0. The molecule has 11 heteroatoms. The molecule has 5 rings (SSSR count). The van der Waals surface area contributed by atoms with E-state index in [1.165, 1.54) is 18.3 Å². The molecule has 4 aromatic rings. The first-order valence-electron chi connectivity index (χ1n) is 10.3. The van der Waals surface area contributed by atoms with Crippen LogP contribution in [0.5, 0.6) is 0 Å². The number of nitrogens with zero attached hydrogens (tertiary/aromatic N) is 3. The predicted octanol–water partition coefficient (Wildman–Crippen LogP) is 2.50. The summed E-state index contributed by atoms with van der Waals surface area (Å²) in [5.74, 6) is 0.690. The lowest BCUT2D eigenvalue weighted by Gasteiger charge is -2.37. The summed E-state index contributed by atoms with van der Waals surface area (Å²) in [5.41, 5.74) is 2.42. The number of pyridine rings is 1. The molecule has 3 aromatic heterocycles. The van der Waals surface area contributed by atoms with Crippen molar-refractivity contribution in [3.8, 4) is 17.5 Å². The first kappa shape index (κ1) is 21.1. The van der Waals surface area contributed by atoms with E-state index >= 15 is 0 Å². The van der Waals surface area contributed by atoms with Crippen molar-refractivity contribution in [1.82, 2.24) is 19.7 Å². The largest absolute Gasteiger partial charge is 0.439 e. The molecule has 168 valence electrons. The Bertz CT molecular complexity index is 1460. The van der Waals surface area contributed by atoms with Gasteiger partial charge < -0.3 is 19.8 Å². The molecular weight excluding hydrogens is 444 g/mol. The third kappa shape index (κ3) is 4.07. The summed E-state index contributed by atoms with van der Waals surface area (Å²) >= 11 is 0. The van der Waals surface area contributed by atoms with Gasteiger partial charge in [0.2, 0.25) is 15.9 Å². The number of hydrogen-bond donors (Lipinski definition) is 4. The van der Waals surface area contributed by atoms with Crippen molar-refractivity contribution in [2.75, 3.05) is 5.32 Å². The van der Waals surface area contributed by atoms with Gasteiger partial charge in [0.25, 0.3) is 0 Å². The molecule has 0 aliphatic heterocycles. The number of anilines is 1. The van der Waals surface area contributed by atoms with Crippen LogP contribution in [0.4, 0.5) is 5.69 Å². The van der Waals surface area contributed by atoms with Crippen LogP contribution in [0, 0.1) is 11.3 Å². The summed E-state index contributed by atoms with van der Waals surface area (Å²) < 4.78 is 33.7. The molecule has 33 heavy (non-hydrogen) atoms. The van der Waals surface area contributed by atoms with Crippen molar-refractivity contribution in [2.45, 2.75) is 36.4 Å². The van der Waals surface area contributed by atoms with Crippen molar-refractivity contribution in [3.63, 3.8) is 0 Å². The second kappa shape index (κ2) is 8.32. The van der Waals surface area contributed by atoms with Gasteiger partial charge in [-0.05, 0) is 37.1 Å². The number of benzene rings is 1. The Morgan fingerprint density at radius 1 is 1.21 bits per heavy atom. The number of sulfonamides is 1. The maximum Gasteiger partial charge on any atom is 0.240 e. The van der Waals surface area contributed by atoms with E-state index in [1.807, 2.05) is 12.1 Å². The molecule has 10 nitrogen and oxygen atoms in total. The number of fused-ring (bicyclic) bond motifs is 1. The molecule has 0 spiro atoms. The lowest BCUT2D eigenvalue weighted by molar-refractivity contribution is 0.248. The van der Waals surface area contributed by atoms with Crippen LogP contribution < -0.4 is 10.0 Å². The molecule has 0 unspecified atom stereocenters. The lowest BCUT2D eigenvalue weighted by atomic mass is 9.87. The summed E-state index contributed by atoms with van der Waals surface area (Å²) in [6, 6.07) is 9.59. The number of rotatable bonds is 7. The molecule has 0 atom stereocenters. The van der Waals surface area contributed by atoms with Gasteiger partial charge in [0.05, 0.1) is 34.0 Å². The van der Waals surface area contributed by atoms with Gasteiger partial charge in [-0.2, -0.15) is 5.26 Å². The van der Waals surface area contributed by atoms with Crippen LogP contribution in [-0.4, -0.2) is 40.6 Å². The van der Waals surface area contributed by atoms with E-state index in [0.717, 1.165) is 11.1 Å². The Morgan fingerprint density at radius 2 is 2.06 bits per heavy atom. The quantitative estimate of drug-likeness (QED) is 0.325. The molecule has 3 heterocycles. The summed E-state index contributed by atoms with van der Waals surface area (Å²) in [4.78, 5) is 11.8. The normalized spacial score (nSPS) is 18.1. The summed E-state index contributed by atoms with van der Waals surface area (Å²) in [6.45, 7) is -0.253. The molecular formula is C22H20N6O4S. The van der Waals surface area contributed by atoms with Crippen LogP contribution in [-0.2, 0) is 16.6 Å². The van der Waals surface area contributed by atoms with E-state index in [1.54, 1.807) is 24.5 Å². The van der Waals surface area contributed by atoms with E-state index in [0.29, 0.717) is 41.3 Å². The third-order valence-electron chi connectivity index (χ3n) is 5.61. The highest BCUT2D eigenvalue weighted by molar-refractivity contribution is 7.89. The maximum atomic E-state index is 12.7. The highest BCUT2D eigenvalue weighted by atomic mass is 32.2. The molecule has 1 aromatic carbocycles. The molecule has 0 amide bonds. The van der Waals surface area contributed by atoms with Crippen molar-refractivity contribution in [3.05, 3.63) is 60.2 Å². The van der Waals surface area contributed by atoms with Gasteiger partial charge in [-0.25, -0.2) is 23.1 Å². The number of hydrogen-bond acceptors (Lipinski definition) is 8. The number of aromatic nitrogens is 3. The van der Waals surface area contributed by atoms with Crippen LogP contribution >= 0.6 is 0 Å². The van der Waals surface area contributed by atoms with Gasteiger partial charge in [-0.1, -0.05) is 6.07 Å². The van der Waals surface area contributed by atoms with Gasteiger partial charge in [-0.3, -0.25) is 0 Å². The molecule has 4 N–H and O–H groups in total. The topological polar surface area (TPSA) is 157 Å². The second-order valence-corrected chi connectivity index (χ2v) is 9.56. The first-order chi connectivity index (χ1) is 16.0. The Morgan fingerprint density at radius 3 is 2.82 bits per heavy atom. The average Bonchev–Trinajstić information content (AvgIpc) is 3.47. The highest BCUT2D eigenvalue weighted by Gasteiger charge is 2.34. The average molecular weight is 465 g/mol. The lowest BCUT2D eigenvalue weighted by Crippen LogP contribution is -2.49. The number of H-pyrrole nitrogens is 1. The fourth-order valence-electron chi connectivity index (χ4n) is 3.89. The number of aliphatic hydroxyl groups is 1. The molecule has 1 fully saturated rings. The Kier molecular flexibility index (Phi) is 5.33. The smallest absolute Gasteiger partial charge is 0.240 e. The Hall–Kier alpha value is -3.72. The van der Waals surface area contributed by atoms with E-state index < -0.39 is 10.0 Å². The van der Waals surface area contributed by atoms with Crippen LogP contribution in [0.3, 0.4) is 0 Å². The summed E-state index contributed by atoms with van der Waals surface area (Å²) in [7, 11) is -3.72. The molecule has 0 bridgehead atoms. The van der Waals surface area contributed by atoms with Crippen LogP contribution in [0.25, 0.3) is 22.5 Å². The SMILES string of the molecule is N#Cc1cccc(S(=O)(=O)N[C@H]2C[C@@H](Nc3c(-c4ncc(CO)o4)cnc4[nH]ccc34)C2)c1. The van der Waals surface area contributed by atoms with Crippen molar-refractivity contribution >= 4 is 26.7 Å². The van der Waals surface area contributed by atoms with Gasteiger partial charge in [0, 0.05) is 29.9 Å². The number of nitriles is 1. The monoisotopic (exact) mass is 464 g/mol. The maximum absolute atomic E-state index is 12.7. The van der Waals surface area contributed by atoms with Gasteiger partial charge >= 0.3 is 0 Å². The van der Waals surface area contributed by atoms with Crippen molar-refractivity contribution < 1.29 is 17.9 Å². The highest BCUT2D eigenvalue weighted by Crippen LogP contribution is 2.36. The van der Waals surface area contributed by atoms with E-state index in [4.69, 9.17) is 9.68 Å². The predicted molar refractivity (Wildman–Crippen MR) is 119 cm³/mol. The molecule has 0 saturated heterocycles. The fraction of sp³-hybridized carbons (Fsp3) is 0.227. The first-order valence-corrected chi connectivity index (χ1v) is 11.8. The minimum absolute atomic E-state index is 0.0228. The number of aliphatic hydroxyl groups excluding tert-OH is 1. The van der Waals surface area contributed by atoms with Crippen LogP contribution in [0.2, 0.25) is 0 Å². The van der Waals surface area contributed by atoms with E-state index in [2.05, 4.69) is 25.0 Å². The van der Waals surface area contributed by atoms with Gasteiger partial charge in [-0.15, -0.1) is 0 Å². The summed E-state index contributed by atoms with van der Waals surface area (Å²) in [6.07, 6.45) is 6.07. The Balaban J connectivity index is 1.32. The number of aromatic amines is 1. The second-order valence-electron chi connectivity index (χ2n) is 7.85. The summed E-state index contributed by atoms with van der Waals surface area (Å²) in [5, 5.41) is 22.6. The molecule has 1 saturated carbocycles. The van der Waals surface area contributed by atoms with Crippen molar-refractivity contribution in [2.24, 2.45) is 0 Å².